The van der Waals surface area contributed by atoms with Crippen LogP contribution in [0, 0.1) is 10.1 Å². The van der Waals surface area contributed by atoms with Crippen LogP contribution in [0.4, 0.5) is 11.4 Å². The molecule has 0 atom stereocenters. The van der Waals surface area contributed by atoms with Gasteiger partial charge in [-0.2, -0.15) is 5.10 Å². The summed E-state index contributed by atoms with van der Waals surface area (Å²) in [5.74, 6) is -0.0487. The van der Waals surface area contributed by atoms with Crippen molar-refractivity contribution < 1.29 is 9.72 Å². The molecule has 0 spiro atoms. The van der Waals surface area contributed by atoms with Crippen LogP contribution in [0.25, 0.3) is 5.69 Å². The average molecular weight is 378 g/mol. The van der Waals surface area contributed by atoms with Crippen LogP contribution in [0.1, 0.15) is 10.4 Å². The summed E-state index contributed by atoms with van der Waals surface area (Å²) in [7, 11) is 0. The first-order valence-electron chi connectivity index (χ1n) is 8.86. The van der Waals surface area contributed by atoms with Gasteiger partial charge in [-0.3, -0.25) is 14.9 Å². The second-order valence-electron chi connectivity index (χ2n) is 6.41. The van der Waals surface area contributed by atoms with Crippen LogP contribution in [-0.4, -0.2) is 56.7 Å². The van der Waals surface area contributed by atoms with Crippen molar-refractivity contribution >= 4 is 17.3 Å². The SMILES string of the molecule is O=C(c1ccc(-n2cncn2)cc1)N1CCN(c2ccccc2[N+](=O)[O-])CC1. The monoisotopic (exact) mass is 378 g/mol. The smallest absolute Gasteiger partial charge is 0.292 e. The lowest BCUT2D eigenvalue weighted by atomic mass is 10.1. The van der Waals surface area contributed by atoms with Gasteiger partial charge in [0.2, 0.25) is 0 Å². The minimum Gasteiger partial charge on any atom is -0.362 e. The first kappa shape index (κ1) is 17.7. The molecule has 0 unspecified atom stereocenters. The number of nitro groups is 1. The fourth-order valence-corrected chi connectivity index (χ4v) is 3.32. The Balaban J connectivity index is 1.42. The molecule has 0 saturated carbocycles. The maximum atomic E-state index is 12.8. The number of rotatable bonds is 4. The number of aromatic nitrogens is 3. The van der Waals surface area contributed by atoms with Crippen molar-refractivity contribution in [2.24, 2.45) is 0 Å². The summed E-state index contributed by atoms with van der Waals surface area (Å²) < 4.78 is 1.62. The largest absolute Gasteiger partial charge is 0.362 e. The maximum absolute atomic E-state index is 12.8. The zero-order chi connectivity index (χ0) is 19.5. The topological polar surface area (TPSA) is 97.4 Å². The Hall–Kier alpha value is -3.75. The number of anilines is 1. The first-order valence-corrected chi connectivity index (χ1v) is 8.86. The second kappa shape index (κ2) is 7.47. The molecule has 1 aliphatic rings. The van der Waals surface area contributed by atoms with Gasteiger partial charge in [0.1, 0.15) is 18.3 Å². The van der Waals surface area contributed by atoms with Crippen molar-refractivity contribution in [3.05, 3.63) is 76.9 Å². The van der Waals surface area contributed by atoms with Gasteiger partial charge in [0.25, 0.3) is 11.6 Å². The van der Waals surface area contributed by atoms with Gasteiger partial charge in [-0.1, -0.05) is 12.1 Å². The molecule has 1 amide bonds. The van der Waals surface area contributed by atoms with E-state index < -0.39 is 0 Å². The van der Waals surface area contributed by atoms with Gasteiger partial charge in [-0.15, -0.1) is 0 Å². The number of nitrogens with zero attached hydrogens (tertiary/aromatic N) is 6. The molecule has 1 aliphatic heterocycles. The van der Waals surface area contributed by atoms with E-state index in [0.29, 0.717) is 37.4 Å². The van der Waals surface area contributed by atoms with E-state index in [1.807, 2.05) is 17.0 Å². The summed E-state index contributed by atoms with van der Waals surface area (Å²) in [5.41, 5.74) is 2.11. The average Bonchev–Trinajstić information content (AvgIpc) is 3.28. The fraction of sp³-hybridized carbons (Fsp3) is 0.211. The van der Waals surface area contributed by atoms with Crippen molar-refractivity contribution in [2.75, 3.05) is 31.1 Å². The molecule has 9 nitrogen and oxygen atoms in total. The Morgan fingerprint density at radius 1 is 1.00 bits per heavy atom. The molecule has 0 N–H and O–H groups in total. The number of piperazine rings is 1. The zero-order valence-electron chi connectivity index (χ0n) is 15.0. The lowest BCUT2D eigenvalue weighted by Gasteiger charge is -2.35. The Morgan fingerprint density at radius 2 is 1.71 bits per heavy atom. The predicted molar refractivity (Wildman–Crippen MR) is 103 cm³/mol. The number of hydrogen-bond acceptors (Lipinski definition) is 6. The zero-order valence-corrected chi connectivity index (χ0v) is 15.0. The molecular formula is C19H18N6O3. The predicted octanol–water partition coefficient (Wildman–Crippen LogP) is 2.14. The van der Waals surface area contributed by atoms with Crippen molar-refractivity contribution in [3.8, 4) is 5.69 Å². The molecular weight excluding hydrogens is 360 g/mol. The molecule has 3 aromatic rings. The molecule has 0 bridgehead atoms. The quantitative estimate of drug-likeness (QED) is 0.510. The van der Waals surface area contributed by atoms with E-state index >= 15 is 0 Å². The third kappa shape index (κ3) is 3.41. The summed E-state index contributed by atoms with van der Waals surface area (Å²) in [6, 6.07) is 13.9. The molecule has 1 saturated heterocycles. The summed E-state index contributed by atoms with van der Waals surface area (Å²) in [6.07, 6.45) is 3.05. The fourth-order valence-electron chi connectivity index (χ4n) is 3.32. The van der Waals surface area contributed by atoms with Crippen LogP contribution >= 0.6 is 0 Å². The summed E-state index contributed by atoms with van der Waals surface area (Å²) in [5, 5.41) is 15.3. The minimum absolute atomic E-state index is 0.0487. The Bertz CT molecular complexity index is 979. The number of hydrogen-bond donors (Lipinski definition) is 0. The highest BCUT2D eigenvalue weighted by Gasteiger charge is 2.26. The second-order valence-corrected chi connectivity index (χ2v) is 6.41. The number of carbonyl (C=O) groups is 1. The number of benzene rings is 2. The highest BCUT2D eigenvalue weighted by Crippen LogP contribution is 2.28. The van der Waals surface area contributed by atoms with E-state index in [9.17, 15) is 14.9 Å². The lowest BCUT2D eigenvalue weighted by Crippen LogP contribution is -2.48. The third-order valence-electron chi connectivity index (χ3n) is 4.78. The minimum atomic E-state index is -0.371. The van der Waals surface area contributed by atoms with Gasteiger partial charge in [-0.05, 0) is 30.3 Å². The van der Waals surface area contributed by atoms with Crippen molar-refractivity contribution in [2.45, 2.75) is 0 Å². The van der Waals surface area contributed by atoms with Crippen LogP contribution in [0.15, 0.2) is 61.2 Å². The van der Waals surface area contributed by atoms with Crippen LogP contribution in [0.3, 0.4) is 0 Å². The molecule has 9 heteroatoms. The Morgan fingerprint density at radius 3 is 2.36 bits per heavy atom. The van der Waals surface area contributed by atoms with Gasteiger partial charge >= 0.3 is 0 Å². The molecule has 1 aromatic heterocycles. The standard InChI is InChI=1S/C19H18N6O3/c26-19(15-5-7-16(8-6-15)24-14-20-13-21-24)23-11-9-22(10-12-23)17-3-1-2-4-18(17)25(27)28/h1-8,13-14H,9-12H2. The van der Waals surface area contributed by atoms with Crippen LogP contribution in [0.5, 0.6) is 0 Å². The first-order chi connectivity index (χ1) is 13.6. The van der Waals surface area contributed by atoms with Gasteiger partial charge in [-0.25, -0.2) is 9.67 Å². The molecule has 2 heterocycles. The molecule has 4 rings (SSSR count). The number of carbonyl (C=O) groups excluding carboxylic acids is 1. The summed E-state index contributed by atoms with van der Waals surface area (Å²) in [6.45, 7) is 2.12. The third-order valence-corrected chi connectivity index (χ3v) is 4.78. The molecule has 1 fully saturated rings. The van der Waals surface area contributed by atoms with E-state index in [4.69, 9.17) is 0 Å². The molecule has 0 radical (unpaired) electrons. The molecule has 28 heavy (non-hydrogen) atoms. The van der Waals surface area contributed by atoms with Crippen molar-refractivity contribution in [3.63, 3.8) is 0 Å². The van der Waals surface area contributed by atoms with Crippen LogP contribution in [0.2, 0.25) is 0 Å². The van der Waals surface area contributed by atoms with E-state index in [1.54, 1.807) is 46.2 Å². The van der Waals surface area contributed by atoms with Gasteiger partial charge in [0.15, 0.2) is 0 Å². The van der Waals surface area contributed by atoms with Crippen LogP contribution < -0.4 is 4.90 Å². The molecule has 0 aliphatic carbocycles. The number of nitro benzene ring substituents is 1. The molecule has 142 valence electrons. The Kier molecular flexibility index (Phi) is 4.71. The van der Waals surface area contributed by atoms with Gasteiger partial charge in [0, 0.05) is 37.8 Å². The Labute approximate surface area is 161 Å². The van der Waals surface area contributed by atoms with Gasteiger partial charge in [0.05, 0.1) is 10.6 Å². The highest BCUT2D eigenvalue weighted by molar-refractivity contribution is 5.94. The lowest BCUT2D eigenvalue weighted by molar-refractivity contribution is -0.384. The van der Waals surface area contributed by atoms with Gasteiger partial charge < -0.3 is 9.80 Å². The van der Waals surface area contributed by atoms with E-state index in [2.05, 4.69) is 10.1 Å². The normalized spacial score (nSPS) is 14.1. The van der Waals surface area contributed by atoms with Crippen molar-refractivity contribution in [1.29, 1.82) is 0 Å². The van der Waals surface area contributed by atoms with Crippen molar-refractivity contribution in [1.82, 2.24) is 19.7 Å². The number of para-hydroxylation sites is 2. The van der Waals surface area contributed by atoms with E-state index in [1.165, 1.54) is 12.4 Å². The molecule has 2 aromatic carbocycles. The van der Waals surface area contributed by atoms with E-state index in [-0.39, 0.29) is 16.5 Å². The number of amides is 1. The maximum Gasteiger partial charge on any atom is 0.292 e. The van der Waals surface area contributed by atoms with Crippen LogP contribution in [-0.2, 0) is 0 Å². The highest BCUT2D eigenvalue weighted by atomic mass is 16.6. The summed E-state index contributed by atoms with van der Waals surface area (Å²) >= 11 is 0. The summed E-state index contributed by atoms with van der Waals surface area (Å²) in [4.78, 5) is 31.3. The van der Waals surface area contributed by atoms with E-state index in [0.717, 1.165) is 5.69 Å².